The SMILES string of the molecule is CCOc1cc(C2c3c(oc4ccc(C)cc4c3=O)C(=O)N2CCc2ccc(OC)cc2)ccc1O. The van der Waals surface area contributed by atoms with Crippen LogP contribution in [-0.4, -0.2) is 36.2 Å². The highest BCUT2D eigenvalue weighted by Crippen LogP contribution is 2.41. The Morgan fingerprint density at radius 2 is 1.81 bits per heavy atom. The van der Waals surface area contributed by atoms with Crippen LogP contribution in [0.3, 0.4) is 0 Å². The van der Waals surface area contributed by atoms with E-state index in [-0.39, 0.29) is 22.8 Å². The molecule has 0 spiro atoms. The number of aryl methyl sites for hydroxylation is 1. The molecule has 2 heterocycles. The van der Waals surface area contributed by atoms with Crippen LogP contribution in [-0.2, 0) is 6.42 Å². The molecule has 0 saturated carbocycles. The molecule has 184 valence electrons. The lowest BCUT2D eigenvalue weighted by Crippen LogP contribution is -2.31. The number of carbonyl (C=O) groups is 1. The molecule has 1 atom stereocenters. The minimum absolute atomic E-state index is 0.00361. The molecule has 0 radical (unpaired) electrons. The third-order valence-corrected chi connectivity index (χ3v) is 6.52. The zero-order valence-corrected chi connectivity index (χ0v) is 20.4. The van der Waals surface area contributed by atoms with Gasteiger partial charge in [-0.15, -0.1) is 0 Å². The highest BCUT2D eigenvalue weighted by molar-refractivity contribution is 5.99. The summed E-state index contributed by atoms with van der Waals surface area (Å²) in [5.74, 6) is 0.768. The molecule has 0 fully saturated rings. The van der Waals surface area contributed by atoms with Gasteiger partial charge in [-0.1, -0.05) is 29.8 Å². The summed E-state index contributed by atoms with van der Waals surface area (Å²) in [6.07, 6.45) is 0.573. The molecule has 7 nitrogen and oxygen atoms in total. The Hall–Kier alpha value is -4.26. The van der Waals surface area contributed by atoms with Gasteiger partial charge in [0.05, 0.1) is 30.7 Å². The van der Waals surface area contributed by atoms with Crippen molar-refractivity contribution in [1.29, 1.82) is 0 Å². The van der Waals surface area contributed by atoms with Crippen molar-refractivity contribution in [3.8, 4) is 17.2 Å². The fraction of sp³-hybridized carbons (Fsp3) is 0.241. The van der Waals surface area contributed by atoms with E-state index in [1.807, 2.05) is 44.2 Å². The van der Waals surface area contributed by atoms with Gasteiger partial charge >= 0.3 is 0 Å². The summed E-state index contributed by atoms with van der Waals surface area (Å²) >= 11 is 0. The Kier molecular flexibility index (Phi) is 6.14. The second-order valence-electron chi connectivity index (χ2n) is 8.83. The number of methoxy groups -OCH3 is 1. The van der Waals surface area contributed by atoms with E-state index in [9.17, 15) is 14.7 Å². The Bertz CT molecular complexity index is 1510. The predicted molar refractivity (Wildman–Crippen MR) is 136 cm³/mol. The summed E-state index contributed by atoms with van der Waals surface area (Å²) in [5.41, 5.74) is 3.08. The van der Waals surface area contributed by atoms with Crippen LogP contribution < -0.4 is 14.9 Å². The Balaban J connectivity index is 1.62. The Labute approximate surface area is 208 Å². The number of phenolic OH excluding ortho intramolecular Hbond substituents is 1. The summed E-state index contributed by atoms with van der Waals surface area (Å²) in [6, 6.07) is 17.3. The number of ether oxygens (including phenoxy) is 2. The Morgan fingerprint density at radius 3 is 2.53 bits per heavy atom. The van der Waals surface area contributed by atoms with Crippen molar-refractivity contribution in [3.63, 3.8) is 0 Å². The van der Waals surface area contributed by atoms with Crippen LogP contribution in [0.15, 0.2) is 69.9 Å². The molecular weight excluding hydrogens is 458 g/mol. The summed E-state index contributed by atoms with van der Waals surface area (Å²) in [6.45, 7) is 4.46. The number of phenols is 1. The van der Waals surface area contributed by atoms with Gasteiger partial charge in [-0.25, -0.2) is 0 Å². The number of nitrogens with zero attached hydrogens (tertiary/aromatic N) is 1. The quantitative estimate of drug-likeness (QED) is 0.396. The van der Waals surface area contributed by atoms with E-state index in [1.54, 1.807) is 36.3 Å². The van der Waals surface area contributed by atoms with Crippen LogP contribution in [0.4, 0.5) is 0 Å². The summed E-state index contributed by atoms with van der Waals surface area (Å²) in [5, 5.41) is 10.7. The normalized spacial score (nSPS) is 14.8. The van der Waals surface area contributed by atoms with Gasteiger partial charge in [-0.2, -0.15) is 0 Å². The zero-order chi connectivity index (χ0) is 25.4. The number of carbonyl (C=O) groups excluding carboxylic acids is 1. The minimum Gasteiger partial charge on any atom is -0.504 e. The van der Waals surface area contributed by atoms with E-state index in [0.717, 1.165) is 16.9 Å². The molecule has 3 aromatic carbocycles. The van der Waals surface area contributed by atoms with Crippen molar-refractivity contribution >= 4 is 16.9 Å². The molecule has 1 amide bonds. The third-order valence-electron chi connectivity index (χ3n) is 6.52. The minimum atomic E-state index is -0.674. The maximum atomic E-state index is 13.7. The van der Waals surface area contributed by atoms with Crippen LogP contribution in [0.1, 0.15) is 45.8 Å². The number of hydrogen-bond donors (Lipinski definition) is 1. The standard InChI is InChI=1S/C29H27NO6/c1-4-35-24-16-19(8-11-22(24)31)26-25-27(32)21-15-17(2)5-12-23(21)36-28(25)29(33)30(26)14-13-18-6-9-20(34-3)10-7-18/h5-12,15-16,26,31H,4,13-14H2,1-3H3. The fourth-order valence-corrected chi connectivity index (χ4v) is 4.73. The molecule has 1 aliphatic rings. The molecule has 1 N–H and O–H groups in total. The number of fused-ring (bicyclic) bond motifs is 2. The van der Waals surface area contributed by atoms with Crippen molar-refractivity contribution < 1.29 is 23.8 Å². The summed E-state index contributed by atoms with van der Waals surface area (Å²) in [7, 11) is 1.61. The summed E-state index contributed by atoms with van der Waals surface area (Å²) < 4.78 is 16.9. The van der Waals surface area contributed by atoms with Crippen molar-refractivity contribution in [2.24, 2.45) is 0 Å². The second-order valence-corrected chi connectivity index (χ2v) is 8.83. The number of amides is 1. The zero-order valence-electron chi connectivity index (χ0n) is 20.4. The van der Waals surface area contributed by atoms with Gasteiger partial charge in [0.25, 0.3) is 5.91 Å². The first-order valence-corrected chi connectivity index (χ1v) is 11.9. The Morgan fingerprint density at radius 1 is 1.03 bits per heavy atom. The first-order valence-electron chi connectivity index (χ1n) is 11.9. The number of rotatable bonds is 7. The van der Waals surface area contributed by atoms with E-state index in [4.69, 9.17) is 13.9 Å². The topological polar surface area (TPSA) is 89.2 Å². The smallest absolute Gasteiger partial charge is 0.290 e. The van der Waals surface area contributed by atoms with Crippen LogP contribution in [0.5, 0.6) is 17.2 Å². The largest absolute Gasteiger partial charge is 0.504 e. The van der Waals surface area contributed by atoms with Crippen molar-refractivity contribution in [1.82, 2.24) is 4.90 Å². The molecule has 36 heavy (non-hydrogen) atoms. The molecule has 5 rings (SSSR count). The highest BCUT2D eigenvalue weighted by atomic mass is 16.5. The van der Waals surface area contributed by atoms with Gasteiger partial charge in [0.2, 0.25) is 5.76 Å². The highest BCUT2D eigenvalue weighted by Gasteiger charge is 2.42. The average molecular weight is 486 g/mol. The first kappa shape index (κ1) is 23.5. The van der Waals surface area contributed by atoms with Gasteiger partial charge < -0.3 is 23.9 Å². The monoisotopic (exact) mass is 485 g/mol. The van der Waals surface area contributed by atoms with E-state index >= 15 is 0 Å². The lowest BCUT2D eigenvalue weighted by molar-refractivity contribution is 0.0730. The molecule has 1 unspecified atom stereocenters. The number of aromatic hydroxyl groups is 1. The molecule has 1 aromatic heterocycles. The average Bonchev–Trinajstić information content (AvgIpc) is 3.16. The van der Waals surface area contributed by atoms with Gasteiger partial charge in [0.1, 0.15) is 11.3 Å². The molecular formula is C29H27NO6. The van der Waals surface area contributed by atoms with E-state index in [2.05, 4.69) is 0 Å². The van der Waals surface area contributed by atoms with Gasteiger partial charge in [0, 0.05) is 6.54 Å². The van der Waals surface area contributed by atoms with Crippen LogP contribution in [0.2, 0.25) is 0 Å². The van der Waals surface area contributed by atoms with E-state index < -0.39 is 6.04 Å². The maximum absolute atomic E-state index is 13.7. The van der Waals surface area contributed by atoms with E-state index in [0.29, 0.717) is 47.4 Å². The van der Waals surface area contributed by atoms with Gasteiger partial charge in [-0.3, -0.25) is 9.59 Å². The van der Waals surface area contributed by atoms with Gasteiger partial charge in [-0.05, 0) is 67.8 Å². The lowest BCUT2D eigenvalue weighted by atomic mass is 9.97. The lowest BCUT2D eigenvalue weighted by Gasteiger charge is -2.25. The second kappa shape index (κ2) is 9.41. The van der Waals surface area contributed by atoms with Crippen LogP contribution in [0.25, 0.3) is 11.0 Å². The molecule has 7 heteroatoms. The number of hydrogen-bond acceptors (Lipinski definition) is 6. The van der Waals surface area contributed by atoms with Gasteiger partial charge in [0.15, 0.2) is 16.9 Å². The fourth-order valence-electron chi connectivity index (χ4n) is 4.73. The first-order chi connectivity index (χ1) is 17.4. The third kappa shape index (κ3) is 4.06. The van der Waals surface area contributed by atoms with Crippen molar-refractivity contribution in [3.05, 3.63) is 98.9 Å². The van der Waals surface area contributed by atoms with Crippen LogP contribution in [0, 0.1) is 6.92 Å². The molecule has 1 aliphatic heterocycles. The number of benzene rings is 3. The van der Waals surface area contributed by atoms with Crippen LogP contribution >= 0.6 is 0 Å². The molecule has 0 saturated heterocycles. The van der Waals surface area contributed by atoms with Crippen molar-refractivity contribution in [2.75, 3.05) is 20.3 Å². The summed E-state index contributed by atoms with van der Waals surface area (Å²) in [4.78, 5) is 29.0. The maximum Gasteiger partial charge on any atom is 0.290 e. The van der Waals surface area contributed by atoms with Crippen molar-refractivity contribution in [2.45, 2.75) is 26.3 Å². The molecule has 0 bridgehead atoms. The van der Waals surface area contributed by atoms with E-state index in [1.165, 1.54) is 6.07 Å². The molecule has 4 aromatic rings. The molecule has 0 aliphatic carbocycles. The predicted octanol–water partition coefficient (Wildman–Crippen LogP) is 5.00.